The van der Waals surface area contributed by atoms with E-state index in [1.54, 1.807) is 28.8 Å². The molecule has 45 heavy (non-hydrogen) atoms. The molecule has 0 bridgehead atoms. The summed E-state index contributed by atoms with van der Waals surface area (Å²) in [6, 6.07) is 20.0. The monoisotopic (exact) mass is 648 g/mol. The minimum atomic E-state index is -4.23. The topological polar surface area (TPSA) is 132 Å². The number of sulfonamides is 1. The molecule has 3 N–H and O–H groups in total. The Bertz CT molecular complexity index is 1680. The van der Waals surface area contributed by atoms with E-state index in [4.69, 9.17) is 0 Å². The Morgan fingerprint density at radius 1 is 0.889 bits per heavy atom. The summed E-state index contributed by atoms with van der Waals surface area (Å²) < 4.78 is 61.0. The standard InChI is InChI=1S/C33H36F2N2O6S.Na/c1-21(2)31-33(44(42,43)36-20-22-6-4-3-5-7-22)30(23-8-12-25(34)13-9-23)32(24-10-14-26(35)15-11-24)37(31)17-16-27(38)18-28(39)19-29(40)41;/h3-15,21,27-28,36,38-39H,16-20H2,1-2H3,(H,40,41);/q;+1/p-1/t27-,28-;/m1./s1. The van der Waals surface area contributed by atoms with E-state index >= 15 is 0 Å². The summed E-state index contributed by atoms with van der Waals surface area (Å²) >= 11 is 0. The van der Waals surface area contributed by atoms with Crippen LogP contribution in [0.15, 0.2) is 83.8 Å². The molecule has 8 nitrogen and oxygen atoms in total. The van der Waals surface area contributed by atoms with Crippen molar-refractivity contribution >= 4 is 16.0 Å². The Morgan fingerprint density at radius 2 is 1.44 bits per heavy atom. The fraction of sp³-hybridized carbons (Fsp3) is 0.303. The normalized spacial score (nSPS) is 13.0. The molecule has 0 saturated heterocycles. The predicted molar refractivity (Wildman–Crippen MR) is 161 cm³/mol. The first-order valence-electron chi connectivity index (χ1n) is 14.2. The van der Waals surface area contributed by atoms with Crippen LogP contribution in [0.3, 0.4) is 0 Å². The molecule has 0 radical (unpaired) electrons. The van der Waals surface area contributed by atoms with Crippen LogP contribution >= 0.6 is 0 Å². The number of halogens is 2. The SMILES string of the molecule is CC(C)c1c(S(=O)(=O)NCc2ccccc2)c(-c2ccc(F)cc2)c(-c2ccc(F)cc2)n1CC[C@@H](O)C[C@@H](O)CC(=O)[O-].[Na+]. The molecule has 3 aromatic carbocycles. The maximum absolute atomic E-state index is 14.2. The number of carbonyl (C=O) groups is 1. The number of carbonyl (C=O) groups excluding carboxylic acids is 1. The molecule has 0 amide bonds. The number of aliphatic hydroxyl groups is 2. The molecular weight excluding hydrogens is 613 g/mol. The molecule has 2 atom stereocenters. The third-order valence-corrected chi connectivity index (χ3v) is 8.74. The van der Waals surface area contributed by atoms with Crippen molar-refractivity contribution in [2.24, 2.45) is 0 Å². The van der Waals surface area contributed by atoms with Gasteiger partial charge in [0.2, 0.25) is 10.0 Å². The van der Waals surface area contributed by atoms with Crippen LogP contribution in [0.4, 0.5) is 8.78 Å². The smallest absolute Gasteiger partial charge is 0.550 e. The summed E-state index contributed by atoms with van der Waals surface area (Å²) in [7, 11) is -4.23. The van der Waals surface area contributed by atoms with Crippen molar-refractivity contribution in [3.63, 3.8) is 0 Å². The van der Waals surface area contributed by atoms with E-state index in [2.05, 4.69) is 4.72 Å². The van der Waals surface area contributed by atoms with Crippen molar-refractivity contribution in [1.82, 2.24) is 9.29 Å². The molecule has 0 aliphatic heterocycles. The van der Waals surface area contributed by atoms with Crippen LogP contribution in [0.2, 0.25) is 0 Å². The number of aromatic nitrogens is 1. The molecule has 0 saturated carbocycles. The van der Waals surface area contributed by atoms with Crippen LogP contribution in [0, 0.1) is 11.6 Å². The van der Waals surface area contributed by atoms with Crippen LogP contribution in [-0.2, 0) is 27.9 Å². The van der Waals surface area contributed by atoms with Crippen molar-refractivity contribution in [3.8, 4) is 22.4 Å². The number of benzene rings is 3. The first-order chi connectivity index (χ1) is 20.9. The van der Waals surface area contributed by atoms with Gasteiger partial charge in [0.1, 0.15) is 16.5 Å². The molecule has 1 aromatic heterocycles. The molecule has 1 heterocycles. The molecule has 12 heteroatoms. The molecule has 0 unspecified atom stereocenters. The molecule has 4 rings (SSSR count). The first-order valence-corrected chi connectivity index (χ1v) is 15.7. The molecule has 234 valence electrons. The Labute approximate surface area is 284 Å². The van der Waals surface area contributed by atoms with Gasteiger partial charge in [0.25, 0.3) is 0 Å². The van der Waals surface area contributed by atoms with Gasteiger partial charge in [-0.1, -0.05) is 56.3 Å². The van der Waals surface area contributed by atoms with E-state index in [1.165, 1.54) is 48.5 Å². The zero-order chi connectivity index (χ0) is 32.0. The van der Waals surface area contributed by atoms with E-state index in [-0.39, 0.29) is 71.9 Å². The van der Waals surface area contributed by atoms with E-state index < -0.39 is 46.3 Å². The zero-order valence-electron chi connectivity index (χ0n) is 25.4. The number of aliphatic carboxylic acids is 1. The van der Waals surface area contributed by atoms with Crippen LogP contribution in [0.5, 0.6) is 0 Å². The van der Waals surface area contributed by atoms with Gasteiger partial charge in [-0.3, -0.25) is 0 Å². The van der Waals surface area contributed by atoms with Gasteiger partial charge in [0.05, 0.1) is 17.9 Å². The second kappa shape index (κ2) is 16.1. The van der Waals surface area contributed by atoms with Gasteiger partial charge in [0.15, 0.2) is 0 Å². The minimum Gasteiger partial charge on any atom is -0.550 e. The largest absolute Gasteiger partial charge is 1.00 e. The zero-order valence-corrected chi connectivity index (χ0v) is 28.2. The molecular formula is C33H35F2N2NaO6S. The third kappa shape index (κ3) is 9.32. The van der Waals surface area contributed by atoms with Gasteiger partial charge in [-0.25, -0.2) is 21.9 Å². The van der Waals surface area contributed by atoms with Crippen LogP contribution in [-0.4, -0.2) is 41.4 Å². The molecule has 0 fully saturated rings. The van der Waals surface area contributed by atoms with E-state index in [1.807, 2.05) is 19.9 Å². The summed E-state index contributed by atoms with van der Waals surface area (Å²) in [5.74, 6) is -2.82. The van der Waals surface area contributed by atoms with Crippen LogP contribution < -0.4 is 39.4 Å². The first kappa shape index (κ1) is 36.6. The van der Waals surface area contributed by atoms with E-state index in [9.17, 15) is 37.3 Å². The molecule has 0 aliphatic carbocycles. The molecule has 4 aromatic rings. The average Bonchev–Trinajstić information content (AvgIpc) is 3.32. The fourth-order valence-corrected chi connectivity index (χ4v) is 6.92. The summed E-state index contributed by atoms with van der Waals surface area (Å²) in [6.45, 7) is 3.73. The summed E-state index contributed by atoms with van der Waals surface area (Å²) in [5, 5.41) is 31.6. The van der Waals surface area contributed by atoms with E-state index in [0.29, 0.717) is 22.5 Å². The Morgan fingerprint density at radius 3 is 1.98 bits per heavy atom. The average molecular weight is 649 g/mol. The van der Waals surface area contributed by atoms with Crippen molar-refractivity contribution in [1.29, 1.82) is 0 Å². The van der Waals surface area contributed by atoms with Crippen LogP contribution in [0.1, 0.15) is 50.3 Å². The van der Waals surface area contributed by atoms with Gasteiger partial charge < -0.3 is 24.7 Å². The Balaban J connectivity index is 0.00000552. The van der Waals surface area contributed by atoms with Gasteiger partial charge in [-0.05, 0) is 71.8 Å². The Hall–Kier alpha value is -2.90. The summed E-state index contributed by atoms with van der Waals surface area (Å²) in [4.78, 5) is 10.9. The fourth-order valence-electron chi connectivity index (χ4n) is 5.32. The number of nitrogens with zero attached hydrogens (tertiary/aromatic N) is 1. The number of rotatable bonds is 14. The maximum Gasteiger partial charge on any atom is 1.00 e. The van der Waals surface area contributed by atoms with Gasteiger partial charge >= 0.3 is 29.6 Å². The maximum atomic E-state index is 14.2. The summed E-state index contributed by atoms with van der Waals surface area (Å²) in [6.07, 6.45) is -3.28. The molecule has 0 aliphatic rings. The second-order valence-electron chi connectivity index (χ2n) is 11.0. The van der Waals surface area contributed by atoms with Crippen LogP contribution in [0.25, 0.3) is 22.4 Å². The number of hydrogen-bond donors (Lipinski definition) is 3. The predicted octanol–water partition coefficient (Wildman–Crippen LogP) is 1.35. The van der Waals surface area contributed by atoms with Gasteiger partial charge in [-0.2, -0.15) is 0 Å². The molecule has 0 spiro atoms. The second-order valence-corrected chi connectivity index (χ2v) is 12.7. The number of carboxylic acids is 1. The van der Waals surface area contributed by atoms with E-state index in [0.717, 1.165) is 5.56 Å². The Kier molecular flexibility index (Phi) is 13.1. The number of hydrogen-bond acceptors (Lipinski definition) is 6. The quantitative estimate of drug-likeness (QED) is 0.177. The third-order valence-electron chi connectivity index (χ3n) is 7.26. The number of aliphatic hydroxyl groups excluding tert-OH is 2. The van der Waals surface area contributed by atoms with Crippen molar-refractivity contribution in [3.05, 3.63) is 102 Å². The van der Waals surface area contributed by atoms with Crippen molar-refractivity contribution in [2.45, 2.75) is 69.2 Å². The minimum absolute atomic E-state index is 0. The summed E-state index contributed by atoms with van der Waals surface area (Å²) in [5.41, 5.74) is 2.75. The van der Waals surface area contributed by atoms with Crippen molar-refractivity contribution < 1.29 is 66.9 Å². The number of carboxylic acid groups (broad SMARTS) is 1. The van der Waals surface area contributed by atoms with Crippen molar-refractivity contribution in [2.75, 3.05) is 0 Å². The van der Waals surface area contributed by atoms with Gasteiger partial charge in [-0.15, -0.1) is 0 Å². The van der Waals surface area contributed by atoms with Gasteiger partial charge in [0, 0.05) is 36.7 Å². The number of nitrogens with one attached hydrogen (secondary N) is 1.